The molecule has 0 bridgehead atoms. The Balaban J connectivity index is 1.47. The lowest BCUT2D eigenvalue weighted by molar-refractivity contribution is -0.134. The number of hydrogen-bond acceptors (Lipinski definition) is 3. The van der Waals surface area contributed by atoms with Gasteiger partial charge in [-0.2, -0.15) is 0 Å². The molecule has 0 aliphatic carbocycles. The standard InChI is InChI=1S/C25H32N2O3/c1-4-22(20-11-6-5-7-12-20)25(29)27-15-13-21(14-16-27)26-23(28)17-30-24-18(2)9-8-10-19(24)3/h5-12,21-22H,4,13-17H2,1-3H3,(H,26,28). The van der Waals surface area contributed by atoms with Gasteiger partial charge in [0.25, 0.3) is 5.91 Å². The maximum absolute atomic E-state index is 13.0. The third-order valence-corrected chi connectivity index (χ3v) is 5.84. The minimum atomic E-state index is -0.113. The molecule has 1 aliphatic rings. The van der Waals surface area contributed by atoms with Crippen LogP contribution in [0.3, 0.4) is 0 Å². The highest BCUT2D eigenvalue weighted by atomic mass is 16.5. The third kappa shape index (κ3) is 5.41. The third-order valence-electron chi connectivity index (χ3n) is 5.84. The minimum Gasteiger partial charge on any atom is -0.483 e. The fraction of sp³-hybridized carbons (Fsp3) is 0.440. The Morgan fingerprint density at radius 2 is 1.67 bits per heavy atom. The first kappa shape index (κ1) is 21.9. The fourth-order valence-corrected chi connectivity index (χ4v) is 4.14. The smallest absolute Gasteiger partial charge is 0.258 e. The van der Waals surface area contributed by atoms with Gasteiger partial charge in [0.2, 0.25) is 5.91 Å². The number of benzene rings is 2. The maximum atomic E-state index is 13.0. The van der Waals surface area contributed by atoms with Crippen LogP contribution in [0.1, 0.15) is 48.8 Å². The zero-order valence-electron chi connectivity index (χ0n) is 18.2. The molecule has 3 rings (SSSR count). The van der Waals surface area contributed by atoms with E-state index in [2.05, 4.69) is 12.2 Å². The normalized spacial score (nSPS) is 15.5. The molecule has 2 aromatic rings. The molecule has 1 saturated heterocycles. The van der Waals surface area contributed by atoms with Crippen LogP contribution in [0.25, 0.3) is 0 Å². The summed E-state index contributed by atoms with van der Waals surface area (Å²) in [7, 11) is 0. The lowest BCUT2D eigenvalue weighted by Crippen LogP contribution is -2.48. The molecule has 160 valence electrons. The van der Waals surface area contributed by atoms with Gasteiger partial charge in [-0.1, -0.05) is 55.5 Å². The molecule has 30 heavy (non-hydrogen) atoms. The van der Waals surface area contributed by atoms with Gasteiger partial charge in [-0.15, -0.1) is 0 Å². The molecule has 2 amide bonds. The van der Waals surface area contributed by atoms with Gasteiger partial charge in [0.1, 0.15) is 5.75 Å². The van der Waals surface area contributed by atoms with E-state index in [1.807, 2.05) is 67.3 Å². The summed E-state index contributed by atoms with van der Waals surface area (Å²) in [4.78, 5) is 27.3. The molecular weight excluding hydrogens is 376 g/mol. The Morgan fingerprint density at radius 1 is 1.03 bits per heavy atom. The van der Waals surface area contributed by atoms with Crippen LogP contribution in [0.4, 0.5) is 0 Å². The van der Waals surface area contributed by atoms with Crippen molar-refractivity contribution in [1.29, 1.82) is 0 Å². The van der Waals surface area contributed by atoms with E-state index < -0.39 is 0 Å². The van der Waals surface area contributed by atoms with Gasteiger partial charge >= 0.3 is 0 Å². The molecule has 0 aromatic heterocycles. The van der Waals surface area contributed by atoms with E-state index in [9.17, 15) is 9.59 Å². The van der Waals surface area contributed by atoms with Gasteiger partial charge in [0, 0.05) is 19.1 Å². The first-order valence-corrected chi connectivity index (χ1v) is 10.8. The predicted molar refractivity (Wildman–Crippen MR) is 119 cm³/mol. The van der Waals surface area contributed by atoms with Crippen molar-refractivity contribution in [2.75, 3.05) is 19.7 Å². The highest BCUT2D eigenvalue weighted by Crippen LogP contribution is 2.24. The van der Waals surface area contributed by atoms with Crippen LogP contribution in [0, 0.1) is 13.8 Å². The van der Waals surface area contributed by atoms with Gasteiger partial charge in [-0.25, -0.2) is 0 Å². The number of rotatable bonds is 7. The Bertz CT molecular complexity index is 838. The summed E-state index contributed by atoms with van der Waals surface area (Å²) in [6.07, 6.45) is 2.33. The van der Waals surface area contributed by atoms with E-state index in [-0.39, 0.29) is 30.4 Å². The van der Waals surface area contributed by atoms with Crippen molar-refractivity contribution in [1.82, 2.24) is 10.2 Å². The maximum Gasteiger partial charge on any atom is 0.258 e. The summed E-state index contributed by atoms with van der Waals surface area (Å²) < 4.78 is 5.75. The van der Waals surface area contributed by atoms with Crippen molar-refractivity contribution in [3.8, 4) is 5.75 Å². The molecule has 5 heteroatoms. The van der Waals surface area contributed by atoms with E-state index in [0.717, 1.165) is 41.7 Å². The summed E-state index contributed by atoms with van der Waals surface area (Å²) in [5.74, 6) is 0.757. The second-order valence-corrected chi connectivity index (χ2v) is 8.05. The van der Waals surface area contributed by atoms with E-state index >= 15 is 0 Å². The summed E-state index contributed by atoms with van der Waals surface area (Å²) in [6, 6.07) is 16.0. The number of carbonyl (C=O) groups excluding carboxylic acids is 2. The average molecular weight is 409 g/mol. The number of ether oxygens (including phenoxy) is 1. The van der Waals surface area contributed by atoms with Crippen LogP contribution in [0.2, 0.25) is 0 Å². The summed E-state index contributed by atoms with van der Waals surface area (Å²) in [6.45, 7) is 7.36. The van der Waals surface area contributed by atoms with Crippen molar-refractivity contribution in [2.45, 2.75) is 52.0 Å². The lowest BCUT2D eigenvalue weighted by atomic mass is 9.93. The highest BCUT2D eigenvalue weighted by molar-refractivity contribution is 5.84. The van der Waals surface area contributed by atoms with E-state index in [0.29, 0.717) is 13.1 Å². The number of nitrogens with one attached hydrogen (secondary N) is 1. The fourth-order valence-electron chi connectivity index (χ4n) is 4.14. The molecule has 1 fully saturated rings. The number of likely N-dealkylation sites (tertiary alicyclic amines) is 1. The number of aryl methyl sites for hydroxylation is 2. The van der Waals surface area contributed by atoms with Gasteiger partial charge in [-0.3, -0.25) is 9.59 Å². The van der Waals surface area contributed by atoms with Crippen molar-refractivity contribution < 1.29 is 14.3 Å². The molecule has 1 aliphatic heterocycles. The van der Waals surface area contributed by atoms with Crippen molar-refractivity contribution in [3.05, 3.63) is 65.2 Å². The number of para-hydroxylation sites is 1. The van der Waals surface area contributed by atoms with Crippen LogP contribution in [0.5, 0.6) is 5.75 Å². The average Bonchev–Trinajstić information content (AvgIpc) is 2.75. The minimum absolute atomic E-state index is 0.0107. The van der Waals surface area contributed by atoms with Crippen molar-refractivity contribution in [2.24, 2.45) is 0 Å². The van der Waals surface area contributed by atoms with Crippen LogP contribution in [-0.2, 0) is 9.59 Å². The topological polar surface area (TPSA) is 58.6 Å². The Morgan fingerprint density at radius 3 is 2.27 bits per heavy atom. The van der Waals surface area contributed by atoms with E-state index in [4.69, 9.17) is 4.74 Å². The second-order valence-electron chi connectivity index (χ2n) is 8.05. The number of carbonyl (C=O) groups is 2. The van der Waals surface area contributed by atoms with Crippen LogP contribution >= 0.6 is 0 Å². The Kier molecular flexibility index (Phi) is 7.50. The van der Waals surface area contributed by atoms with Gasteiger partial charge in [0.05, 0.1) is 5.92 Å². The number of amides is 2. The summed E-state index contributed by atoms with van der Waals surface area (Å²) in [5, 5.41) is 3.06. The van der Waals surface area contributed by atoms with Crippen molar-refractivity contribution >= 4 is 11.8 Å². The van der Waals surface area contributed by atoms with Crippen LogP contribution < -0.4 is 10.1 Å². The monoisotopic (exact) mass is 408 g/mol. The second kappa shape index (κ2) is 10.3. The zero-order chi connectivity index (χ0) is 21.5. The molecule has 1 heterocycles. The molecular formula is C25H32N2O3. The number of nitrogens with zero attached hydrogens (tertiary/aromatic N) is 1. The summed E-state index contributed by atoms with van der Waals surface area (Å²) >= 11 is 0. The SMILES string of the molecule is CCC(C(=O)N1CCC(NC(=O)COc2c(C)cccc2C)CC1)c1ccccc1. The molecule has 1 unspecified atom stereocenters. The van der Waals surface area contributed by atoms with E-state index in [1.54, 1.807) is 0 Å². The molecule has 0 saturated carbocycles. The van der Waals surface area contributed by atoms with Gasteiger partial charge in [-0.05, 0) is 49.8 Å². The molecule has 2 aromatic carbocycles. The molecule has 1 N–H and O–H groups in total. The van der Waals surface area contributed by atoms with Crippen LogP contribution in [-0.4, -0.2) is 42.5 Å². The molecule has 0 radical (unpaired) electrons. The Hall–Kier alpha value is -2.82. The molecule has 5 nitrogen and oxygen atoms in total. The largest absolute Gasteiger partial charge is 0.483 e. The number of hydrogen-bond donors (Lipinski definition) is 1. The predicted octanol–water partition coefficient (Wildman–Crippen LogP) is 3.98. The lowest BCUT2D eigenvalue weighted by Gasteiger charge is -2.34. The highest BCUT2D eigenvalue weighted by Gasteiger charge is 2.28. The summed E-state index contributed by atoms with van der Waals surface area (Å²) in [5.41, 5.74) is 3.13. The first-order chi connectivity index (χ1) is 14.5. The van der Waals surface area contributed by atoms with E-state index in [1.165, 1.54) is 0 Å². The van der Waals surface area contributed by atoms with Gasteiger partial charge < -0.3 is 15.0 Å². The van der Waals surface area contributed by atoms with Crippen LogP contribution in [0.15, 0.2) is 48.5 Å². The Labute approximate surface area is 179 Å². The molecule has 1 atom stereocenters. The first-order valence-electron chi connectivity index (χ1n) is 10.8. The number of piperidine rings is 1. The molecule has 0 spiro atoms. The van der Waals surface area contributed by atoms with Crippen molar-refractivity contribution in [3.63, 3.8) is 0 Å². The zero-order valence-corrected chi connectivity index (χ0v) is 18.2. The quantitative estimate of drug-likeness (QED) is 0.754. The van der Waals surface area contributed by atoms with Gasteiger partial charge in [0.15, 0.2) is 6.61 Å².